The first-order valence-electron chi connectivity index (χ1n) is 8.17. The predicted molar refractivity (Wildman–Crippen MR) is 91.4 cm³/mol. The van der Waals surface area contributed by atoms with E-state index in [1.54, 1.807) is 0 Å². The van der Waals surface area contributed by atoms with E-state index in [-0.39, 0.29) is 0 Å². The van der Waals surface area contributed by atoms with Crippen molar-refractivity contribution in [3.05, 3.63) is 0 Å². The number of rotatable bonds is 11. The van der Waals surface area contributed by atoms with E-state index in [1.165, 1.54) is 45.6 Å². The molecule has 0 heterocycles. The van der Waals surface area contributed by atoms with Crippen LogP contribution in [-0.4, -0.2) is 75.6 Å². The molecule has 122 valence electrons. The van der Waals surface area contributed by atoms with Crippen molar-refractivity contribution in [3.63, 3.8) is 0 Å². The molecule has 0 aromatic rings. The highest BCUT2D eigenvalue weighted by Gasteiger charge is 2.25. The van der Waals surface area contributed by atoms with Crippen molar-refractivity contribution in [3.8, 4) is 0 Å². The first kappa shape index (κ1) is 19.9. The molecule has 0 unspecified atom stereocenters. The van der Waals surface area contributed by atoms with E-state index < -0.39 is 0 Å². The van der Waals surface area contributed by atoms with Gasteiger partial charge in [-0.25, -0.2) is 0 Å². The van der Waals surface area contributed by atoms with Crippen molar-refractivity contribution in [1.29, 1.82) is 0 Å². The van der Waals surface area contributed by atoms with E-state index in [4.69, 9.17) is 0 Å². The predicted octanol–water partition coefficient (Wildman–Crippen LogP) is 2.87. The number of hydrogen-bond donors (Lipinski definition) is 0. The van der Waals surface area contributed by atoms with Gasteiger partial charge in [0.15, 0.2) is 0 Å². The normalized spacial score (nSPS) is 13.2. The van der Waals surface area contributed by atoms with E-state index in [0.717, 1.165) is 5.92 Å². The maximum atomic E-state index is 2.67. The molecule has 0 amide bonds. The molecule has 0 N–H and O–H groups in total. The van der Waals surface area contributed by atoms with Crippen LogP contribution in [0.25, 0.3) is 0 Å². The van der Waals surface area contributed by atoms with Gasteiger partial charge in [0.2, 0.25) is 0 Å². The van der Waals surface area contributed by atoms with Crippen LogP contribution in [0.3, 0.4) is 0 Å². The molecule has 0 atom stereocenters. The van der Waals surface area contributed by atoms with E-state index in [9.17, 15) is 0 Å². The molecule has 3 heteroatoms. The van der Waals surface area contributed by atoms with Gasteiger partial charge in [0, 0.05) is 6.54 Å². The first-order valence-corrected chi connectivity index (χ1v) is 8.17. The van der Waals surface area contributed by atoms with Gasteiger partial charge in [-0.3, -0.25) is 0 Å². The molecule has 0 bridgehead atoms. The minimum atomic E-state index is 0.399. The van der Waals surface area contributed by atoms with E-state index in [2.05, 4.69) is 70.6 Å². The van der Waals surface area contributed by atoms with E-state index in [1.807, 2.05) is 0 Å². The maximum Gasteiger partial charge on any atom is 0.00351 e. The molecule has 0 aromatic heterocycles. The zero-order valence-corrected chi connectivity index (χ0v) is 15.4. The van der Waals surface area contributed by atoms with Crippen LogP contribution >= 0.6 is 0 Å². The lowest BCUT2D eigenvalue weighted by atomic mass is 9.80. The van der Waals surface area contributed by atoms with Crippen LogP contribution in [-0.2, 0) is 0 Å². The van der Waals surface area contributed by atoms with Crippen molar-refractivity contribution in [2.45, 2.75) is 40.5 Å². The van der Waals surface area contributed by atoms with Crippen molar-refractivity contribution >= 4 is 0 Å². The third kappa shape index (κ3) is 9.73. The maximum absolute atomic E-state index is 2.67. The average molecular weight is 286 g/mol. The Morgan fingerprint density at radius 1 is 0.750 bits per heavy atom. The summed E-state index contributed by atoms with van der Waals surface area (Å²) >= 11 is 0. The molecule has 20 heavy (non-hydrogen) atoms. The van der Waals surface area contributed by atoms with Crippen LogP contribution in [0.2, 0.25) is 0 Å². The second-order valence-corrected chi connectivity index (χ2v) is 7.73. The van der Waals surface area contributed by atoms with E-state index >= 15 is 0 Å². The lowest BCUT2D eigenvalue weighted by Crippen LogP contribution is -2.39. The Morgan fingerprint density at radius 3 is 1.45 bits per heavy atom. The van der Waals surface area contributed by atoms with Crippen LogP contribution in [0.5, 0.6) is 0 Å². The molecule has 0 saturated carbocycles. The first-order chi connectivity index (χ1) is 9.15. The molecule has 0 spiro atoms. The van der Waals surface area contributed by atoms with Crippen LogP contribution in [0, 0.1) is 11.3 Å². The minimum Gasteiger partial charge on any atom is -0.309 e. The van der Waals surface area contributed by atoms with Gasteiger partial charge in [0.1, 0.15) is 0 Å². The summed E-state index contributed by atoms with van der Waals surface area (Å²) < 4.78 is 0. The smallest absolute Gasteiger partial charge is 0.00351 e. The fourth-order valence-electron chi connectivity index (χ4n) is 2.25. The summed E-state index contributed by atoms with van der Waals surface area (Å²) in [5.74, 6) is 0.729. The second kappa shape index (κ2) is 9.75. The van der Waals surface area contributed by atoms with Gasteiger partial charge in [-0.15, -0.1) is 0 Å². The molecule has 0 aromatic carbocycles. The number of hydrogen-bond acceptors (Lipinski definition) is 3. The van der Waals surface area contributed by atoms with Crippen LogP contribution in [0.1, 0.15) is 40.5 Å². The molecule has 0 radical (unpaired) electrons. The third-order valence-electron chi connectivity index (χ3n) is 4.35. The van der Waals surface area contributed by atoms with Gasteiger partial charge < -0.3 is 14.7 Å². The lowest BCUT2D eigenvalue weighted by Gasteiger charge is -2.36. The highest BCUT2D eigenvalue weighted by Crippen LogP contribution is 2.27. The second-order valence-electron chi connectivity index (χ2n) is 7.73. The highest BCUT2D eigenvalue weighted by atomic mass is 15.1. The molecule has 0 aliphatic carbocycles. The monoisotopic (exact) mass is 285 g/mol. The molecular formula is C17H39N3. The summed E-state index contributed by atoms with van der Waals surface area (Å²) in [4.78, 5) is 7.24. The fourth-order valence-corrected chi connectivity index (χ4v) is 2.25. The summed E-state index contributed by atoms with van der Waals surface area (Å²) in [6, 6.07) is 0. The summed E-state index contributed by atoms with van der Waals surface area (Å²) in [6.07, 6.45) is 2.53. The van der Waals surface area contributed by atoms with Gasteiger partial charge in [0.25, 0.3) is 0 Å². The Hall–Kier alpha value is -0.120. The zero-order valence-electron chi connectivity index (χ0n) is 15.4. The van der Waals surface area contributed by atoms with Gasteiger partial charge in [0.05, 0.1) is 0 Å². The fraction of sp³-hybridized carbons (Fsp3) is 1.00. The van der Waals surface area contributed by atoms with Crippen molar-refractivity contribution in [2.24, 2.45) is 11.3 Å². The Kier molecular flexibility index (Phi) is 9.69. The van der Waals surface area contributed by atoms with Crippen molar-refractivity contribution in [2.75, 3.05) is 60.9 Å². The largest absolute Gasteiger partial charge is 0.309 e. The number of nitrogens with zero attached hydrogens (tertiary/aromatic N) is 3. The molecule has 0 rings (SSSR count). The Balaban J connectivity index is 4.30. The zero-order chi connectivity index (χ0) is 15.8. The average Bonchev–Trinajstić information content (AvgIpc) is 2.26. The topological polar surface area (TPSA) is 9.72 Å². The highest BCUT2D eigenvalue weighted by molar-refractivity contribution is 4.77. The van der Waals surface area contributed by atoms with Gasteiger partial charge in [-0.1, -0.05) is 27.7 Å². The van der Waals surface area contributed by atoms with Crippen LogP contribution < -0.4 is 0 Å². The SMILES string of the molecule is CC(C)C(C)(C)CN(CCCN(C)C)CCCN(C)C. The molecule has 0 aliphatic heterocycles. The van der Waals surface area contributed by atoms with Gasteiger partial charge in [-0.2, -0.15) is 0 Å². The van der Waals surface area contributed by atoms with Crippen molar-refractivity contribution < 1.29 is 0 Å². The van der Waals surface area contributed by atoms with Crippen molar-refractivity contribution in [1.82, 2.24) is 14.7 Å². The summed E-state index contributed by atoms with van der Waals surface area (Å²) in [7, 11) is 8.64. The Bertz CT molecular complexity index is 220. The van der Waals surface area contributed by atoms with Crippen LogP contribution in [0.4, 0.5) is 0 Å². The molecular weight excluding hydrogens is 246 g/mol. The minimum absolute atomic E-state index is 0.399. The Morgan fingerprint density at radius 2 is 1.15 bits per heavy atom. The lowest BCUT2D eigenvalue weighted by molar-refractivity contribution is 0.127. The summed E-state index contributed by atoms with van der Waals surface area (Å²) in [6.45, 7) is 15.5. The standard InChI is InChI=1S/C17H39N3/c1-16(2)17(3,4)15-20(13-9-11-18(5)6)14-10-12-19(7)8/h16H,9-15H2,1-8H3. The molecule has 0 saturated heterocycles. The Labute approximate surface area is 128 Å². The molecule has 3 nitrogen and oxygen atoms in total. The van der Waals surface area contributed by atoms with Crippen LogP contribution in [0.15, 0.2) is 0 Å². The van der Waals surface area contributed by atoms with Gasteiger partial charge >= 0.3 is 0 Å². The summed E-state index contributed by atoms with van der Waals surface area (Å²) in [5, 5.41) is 0. The quantitative estimate of drug-likeness (QED) is 0.578. The molecule has 0 aliphatic rings. The van der Waals surface area contributed by atoms with E-state index in [0.29, 0.717) is 5.41 Å². The molecule has 0 fully saturated rings. The summed E-state index contributed by atoms with van der Waals surface area (Å²) in [5.41, 5.74) is 0.399. The third-order valence-corrected chi connectivity index (χ3v) is 4.35. The van der Waals surface area contributed by atoms with Gasteiger partial charge in [-0.05, 0) is 78.5 Å².